The van der Waals surface area contributed by atoms with E-state index in [2.05, 4.69) is 50.5 Å². The summed E-state index contributed by atoms with van der Waals surface area (Å²) in [7, 11) is 2.12. The molecule has 3 aliphatic carbocycles. The first-order valence-corrected chi connectivity index (χ1v) is 8.63. The van der Waals surface area contributed by atoms with E-state index in [4.69, 9.17) is 4.74 Å². The third kappa shape index (κ3) is 2.19. The first kappa shape index (κ1) is 13.6. The zero-order chi connectivity index (χ0) is 14.6. The van der Waals surface area contributed by atoms with Crippen molar-refractivity contribution in [3.05, 3.63) is 29.8 Å². The zero-order valence-corrected chi connectivity index (χ0v) is 13.4. The van der Waals surface area contributed by atoms with Crippen LogP contribution >= 0.6 is 0 Å². The lowest BCUT2D eigenvalue weighted by atomic mass is 9.93. The molecule has 4 rings (SSSR count). The highest BCUT2D eigenvalue weighted by atomic mass is 16.5. The molecule has 0 aromatic heterocycles. The molecular weight excluding hydrogens is 258 g/mol. The lowest BCUT2D eigenvalue weighted by Gasteiger charge is -2.21. The van der Waals surface area contributed by atoms with Crippen molar-refractivity contribution in [3.63, 3.8) is 0 Å². The molecule has 0 aliphatic heterocycles. The van der Waals surface area contributed by atoms with E-state index in [1.807, 2.05) is 0 Å². The summed E-state index contributed by atoms with van der Waals surface area (Å²) in [4.78, 5) is 0. The second-order valence-electron chi connectivity index (χ2n) is 7.57. The normalized spacial score (nSPS) is 37.6. The van der Waals surface area contributed by atoms with E-state index >= 15 is 0 Å². The summed E-state index contributed by atoms with van der Waals surface area (Å²) < 4.78 is 5.87. The number of benzene rings is 1. The average Bonchev–Trinajstić information content (AvgIpc) is 2.88. The van der Waals surface area contributed by atoms with Crippen LogP contribution in [-0.4, -0.2) is 13.2 Å². The summed E-state index contributed by atoms with van der Waals surface area (Å²) in [6.45, 7) is 4.18. The minimum atomic E-state index is 0.240. The summed E-state index contributed by atoms with van der Waals surface area (Å²) in [5.74, 6) is 5.98. The van der Waals surface area contributed by atoms with Crippen LogP contribution < -0.4 is 10.1 Å². The highest BCUT2D eigenvalue weighted by Crippen LogP contribution is 2.72. The Balaban J connectivity index is 1.54. The van der Waals surface area contributed by atoms with Gasteiger partial charge in [0.05, 0.1) is 6.10 Å². The van der Waals surface area contributed by atoms with Crippen LogP contribution in [0.25, 0.3) is 0 Å². The van der Waals surface area contributed by atoms with Crippen LogP contribution in [0.5, 0.6) is 5.75 Å². The number of nitrogens with one attached hydrogen (secondary N) is 1. The highest BCUT2D eigenvalue weighted by Gasteiger charge is 2.66. The Bertz CT molecular complexity index is 510. The molecule has 2 heteroatoms. The van der Waals surface area contributed by atoms with Crippen molar-refractivity contribution in [1.29, 1.82) is 0 Å². The molecular formula is C19H27NO. The van der Waals surface area contributed by atoms with Gasteiger partial charge in [0.15, 0.2) is 0 Å². The number of hydrogen-bond acceptors (Lipinski definition) is 2. The molecule has 0 amide bonds. The molecule has 5 atom stereocenters. The van der Waals surface area contributed by atoms with Gasteiger partial charge in [-0.3, -0.25) is 0 Å². The molecule has 5 unspecified atom stereocenters. The van der Waals surface area contributed by atoms with Gasteiger partial charge in [0.1, 0.15) is 5.75 Å². The van der Waals surface area contributed by atoms with Crippen LogP contribution in [0.4, 0.5) is 0 Å². The minimum absolute atomic E-state index is 0.240. The van der Waals surface area contributed by atoms with Gasteiger partial charge in [0.2, 0.25) is 0 Å². The predicted octanol–water partition coefficient (Wildman–Crippen LogP) is 4.03. The van der Waals surface area contributed by atoms with Crippen molar-refractivity contribution in [3.8, 4) is 5.75 Å². The van der Waals surface area contributed by atoms with Gasteiger partial charge in [-0.25, -0.2) is 0 Å². The minimum Gasteiger partial charge on any atom is -0.491 e. The van der Waals surface area contributed by atoms with Crippen LogP contribution in [0.3, 0.4) is 0 Å². The molecule has 2 nitrogen and oxygen atoms in total. The fourth-order valence-electron chi connectivity index (χ4n) is 5.47. The lowest BCUT2D eigenvalue weighted by Crippen LogP contribution is -2.22. The van der Waals surface area contributed by atoms with Crippen LogP contribution in [0, 0.1) is 29.6 Å². The summed E-state index contributed by atoms with van der Waals surface area (Å²) in [5.41, 5.74) is 1.41. The SMILES string of the molecule is CNC(c1cccc(OC(C)C)c1)C1C2C3CCC(C3)C21. The molecule has 0 heterocycles. The van der Waals surface area contributed by atoms with E-state index in [1.165, 1.54) is 24.8 Å². The third-order valence-electron chi connectivity index (χ3n) is 6.08. The number of ether oxygens (including phenoxy) is 1. The van der Waals surface area contributed by atoms with Gasteiger partial charge in [-0.15, -0.1) is 0 Å². The van der Waals surface area contributed by atoms with Crippen LogP contribution in [0.1, 0.15) is 44.7 Å². The Kier molecular flexibility index (Phi) is 3.25. The molecule has 1 aromatic rings. The zero-order valence-electron chi connectivity index (χ0n) is 13.4. The monoisotopic (exact) mass is 285 g/mol. The standard InChI is InChI=1S/C19H27NO/c1-11(2)21-15-6-4-5-14(10-15)19(20-3)18-16-12-7-8-13(9-12)17(16)18/h4-6,10-13,16-20H,7-9H2,1-3H3. The maximum absolute atomic E-state index is 5.87. The van der Waals surface area contributed by atoms with Crippen molar-refractivity contribution in [2.24, 2.45) is 29.6 Å². The number of rotatable bonds is 5. The average molecular weight is 285 g/mol. The largest absolute Gasteiger partial charge is 0.491 e. The topological polar surface area (TPSA) is 21.3 Å². The Morgan fingerprint density at radius 1 is 1.14 bits per heavy atom. The molecule has 114 valence electrons. The van der Waals surface area contributed by atoms with E-state index in [-0.39, 0.29) is 6.10 Å². The van der Waals surface area contributed by atoms with Gasteiger partial charge in [-0.2, -0.15) is 0 Å². The first-order valence-electron chi connectivity index (χ1n) is 8.63. The van der Waals surface area contributed by atoms with Gasteiger partial charge < -0.3 is 10.1 Å². The molecule has 0 saturated heterocycles. The molecule has 1 aromatic carbocycles. The van der Waals surface area contributed by atoms with Crippen molar-refractivity contribution >= 4 is 0 Å². The Morgan fingerprint density at radius 3 is 2.48 bits per heavy atom. The van der Waals surface area contributed by atoms with E-state index in [0.29, 0.717) is 6.04 Å². The quantitative estimate of drug-likeness (QED) is 0.882. The predicted molar refractivity (Wildman–Crippen MR) is 85.3 cm³/mol. The van der Waals surface area contributed by atoms with Gasteiger partial charge in [-0.1, -0.05) is 12.1 Å². The van der Waals surface area contributed by atoms with E-state index < -0.39 is 0 Å². The Hall–Kier alpha value is -1.02. The third-order valence-corrected chi connectivity index (χ3v) is 6.08. The molecule has 3 fully saturated rings. The lowest BCUT2D eigenvalue weighted by molar-refractivity contribution is 0.242. The van der Waals surface area contributed by atoms with Crippen molar-refractivity contribution in [2.75, 3.05) is 7.05 Å². The van der Waals surface area contributed by atoms with Gasteiger partial charge in [-0.05, 0) is 87.4 Å². The molecule has 2 bridgehead atoms. The molecule has 3 saturated carbocycles. The van der Waals surface area contributed by atoms with Crippen LogP contribution in [-0.2, 0) is 0 Å². The summed E-state index contributed by atoms with van der Waals surface area (Å²) in [6, 6.07) is 9.25. The summed E-state index contributed by atoms with van der Waals surface area (Å²) in [5, 5.41) is 3.60. The molecule has 0 radical (unpaired) electrons. The van der Waals surface area contributed by atoms with Crippen molar-refractivity contribution < 1.29 is 4.74 Å². The smallest absolute Gasteiger partial charge is 0.120 e. The molecule has 3 aliphatic rings. The summed E-state index contributed by atoms with van der Waals surface area (Å²) >= 11 is 0. The fraction of sp³-hybridized carbons (Fsp3) is 0.684. The van der Waals surface area contributed by atoms with Gasteiger partial charge >= 0.3 is 0 Å². The van der Waals surface area contributed by atoms with E-state index in [0.717, 1.165) is 35.3 Å². The number of hydrogen-bond donors (Lipinski definition) is 1. The second kappa shape index (κ2) is 5.01. The van der Waals surface area contributed by atoms with Gasteiger partial charge in [0, 0.05) is 6.04 Å². The van der Waals surface area contributed by atoms with Crippen LogP contribution in [0.2, 0.25) is 0 Å². The first-order chi connectivity index (χ1) is 10.2. The van der Waals surface area contributed by atoms with Gasteiger partial charge in [0.25, 0.3) is 0 Å². The Morgan fingerprint density at radius 2 is 1.86 bits per heavy atom. The molecule has 0 spiro atoms. The summed E-state index contributed by atoms with van der Waals surface area (Å²) in [6.07, 6.45) is 4.76. The highest BCUT2D eigenvalue weighted by molar-refractivity contribution is 5.33. The van der Waals surface area contributed by atoms with Crippen LogP contribution in [0.15, 0.2) is 24.3 Å². The molecule has 1 N–H and O–H groups in total. The van der Waals surface area contributed by atoms with E-state index in [9.17, 15) is 0 Å². The maximum atomic E-state index is 5.87. The van der Waals surface area contributed by atoms with Crippen molar-refractivity contribution in [1.82, 2.24) is 5.32 Å². The molecule has 21 heavy (non-hydrogen) atoms. The van der Waals surface area contributed by atoms with Crippen molar-refractivity contribution in [2.45, 2.75) is 45.3 Å². The maximum Gasteiger partial charge on any atom is 0.120 e. The van der Waals surface area contributed by atoms with E-state index in [1.54, 1.807) is 0 Å². The Labute approximate surface area is 128 Å². The number of fused-ring (bicyclic) bond motifs is 5. The second-order valence-corrected chi connectivity index (χ2v) is 7.57. The fourth-order valence-corrected chi connectivity index (χ4v) is 5.47.